The zero-order chi connectivity index (χ0) is 12.3. The van der Waals surface area contributed by atoms with Crippen LogP contribution >= 0.6 is 0 Å². The third kappa shape index (κ3) is 2.66. The quantitative estimate of drug-likeness (QED) is 0.814. The van der Waals surface area contributed by atoms with Gasteiger partial charge in [-0.15, -0.1) is 0 Å². The summed E-state index contributed by atoms with van der Waals surface area (Å²) in [5.74, 6) is 2.17. The highest BCUT2D eigenvalue weighted by atomic mass is 16.3. The summed E-state index contributed by atoms with van der Waals surface area (Å²) in [6.07, 6.45) is 3.96. The summed E-state index contributed by atoms with van der Waals surface area (Å²) >= 11 is 0. The molecule has 5 heteroatoms. The Kier molecular flexibility index (Phi) is 3.78. The van der Waals surface area contributed by atoms with Crippen molar-refractivity contribution < 1.29 is 5.11 Å². The number of aliphatic hydroxyl groups excluding tert-OH is 1. The first-order chi connectivity index (χ1) is 8.24. The van der Waals surface area contributed by atoms with E-state index in [1.807, 2.05) is 0 Å². The fraction of sp³-hybridized carbons (Fsp3) is 0.667. The van der Waals surface area contributed by atoms with E-state index < -0.39 is 0 Å². The van der Waals surface area contributed by atoms with E-state index in [1.165, 1.54) is 0 Å². The third-order valence-corrected chi connectivity index (χ3v) is 3.13. The van der Waals surface area contributed by atoms with Gasteiger partial charge in [-0.3, -0.25) is 0 Å². The maximum Gasteiger partial charge on any atom is 0.134 e. The summed E-state index contributed by atoms with van der Waals surface area (Å²) in [5, 5.41) is 9.32. The molecule has 0 aliphatic carbocycles. The van der Waals surface area contributed by atoms with Crippen molar-refractivity contribution in [3.63, 3.8) is 0 Å². The van der Waals surface area contributed by atoms with Crippen molar-refractivity contribution in [2.24, 2.45) is 0 Å². The molecule has 3 N–H and O–H groups in total. The van der Waals surface area contributed by atoms with Gasteiger partial charge in [0.2, 0.25) is 0 Å². The molecule has 1 aromatic rings. The van der Waals surface area contributed by atoms with Crippen LogP contribution in [0, 0.1) is 0 Å². The van der Waals surface area contributed by atoms with E-state index in [0.29, 0.717) is 5.82 Å². The van der Waals surface area contributed by atoms with Gasteiger partial charge in [-0.25, -0.2) is 9.97 Å². The molecule has 0 spiro atoms. The van der Waals surface area contributed by atoms with E-state index in [9.17, 15) is 5.11 Å². The smallest absolute Gasteiger partial charge is 0.134 e. The molecule has 2 heterocycles. The number of hydrogen-bond donors (Lipinski definition) is 2. The van der Waals surface area contributed by atoms with E-state index in [0.717, 1.165) is 43.9 Å². The van der Waals surface area contributed by atoms with Crippen molar-refractivity contribution in [2.45, 2.75) is 38.6 Å². The van der Waals surface area contributed by atoms with Crippen molar-refractivity contribution >= 4 is 11.6 Å². The molecular formula is C12H20N4O. The summed E-state index contributed by atoms with van der Waals surface area (Å²) < 4.78 is 0. The Hall–Kier alpha value is -1.36. The van der Waals surface area contributed by atoms with Gasteiger partial charge < -0.3 is 15.7 Å². The molecular weight excluding hydrogens is 216 g/mol. The topological polar surface area (TPSA) is 75.3 Å². The first-order valence-electron chi connectivity index (χ1n) is 6.25. The van der Waals surface area contributed by atoms with Gasteiger partial charge in [-0.2, -0.15) is 0 Å². The maximum atomic E-state index is 9.32. The number of aliphatic hydroxyl groups is 1. The van der Waals surface area contributed by atoms with E-state index in [2.05, 4.69) is 21.8 Å². The monoisotopic (exact) mass is 236 g/mol. The van der Waals surface area contributed by atoms with Crippen molar-refractivity contribution in [3.8, 4) is 0 Å². The van der Waals surface area contributed by atoms with Gasteiger partial charge in [0.05, 0.1) is 12.6 Å². The Morgan fingerprint density at radius 1 is 1.53 bits per heavy atom. The minimum Gasteiger partial charge on any atom is -0.394 e. The first kappa shape index (κ1) is 12.1. The Balaban J connectivity index is 2.24. The van der Waals surface area contributed by atoms with E-state index in [1.54, 1.807) is 6.07 Å². The number of nitrogen functional groups attached to an aromatic ring is 1. The summed E-state index contributed by atoms with van der Waals surface area (Å²) in [6, 6.07) is 1.98. The molecule has 2 rings (SSSR count). The molecule has 0 aromatic carbocycles. The molecule has 0 bridgehead atoms. The van der Waals surface area contributed by atoms with Crippen molar-refractivity contribution in [1.82, 2.24) is 9.97 Å². The second kappa shape index (κ2) is 5.31. The van der Waals surface area contributed by atoms with Gasteiger partial charge >= 0.3 is 0 Å². The second-order valence-corrected chi connectivity index (χ2v) is 4.49. The van der Waals surface area contributed by atoms with Crippen LogP contribution in [0.25, 0.3) is 0 Å². The summed E-state index contributed by atoms with van der Waals surface area (Å²) in [7, 11) is 0. The minimum absolute atomic E-state index is 0.174. The Labute approximate surface area is 102 Å². The van der Waals surface area contributed by atoms with Crippen LogP contribution in [0.5, 0.6) is 0 Å². The highest BCUT2D eigenvalue weighted by Crippen LogP contribution is 2.24. The van der Waals surface area contributed by atoms with Gasteiger partial charge in [-0.1, -0.05) is 6.92 Å². The van der Waals surface area contributed by atoms with Crippen molar-refractivity contribution in [3.05, 3.63) is 11.9 Å². The first-order valence-corrected chi connectivity index (χ1v) is 6.25. The largest absolute Gasteiger partial charge is 0.394 e. The van der Waals surface area contributed by atoms with Gasteiger partial charge in [0, 0.05) is 19.0 Å². The number of nitrogens with two attached hydrogens (primary N) is 1. The predicted molar refractivity (Wildman–Crippen MR) is 67.9 cm³/mol. The number of rotatable bonds is 4. The standard InChI is InChI=1S/C12H20N4O/c1-2-4-11-14-10(13)7-12(15-11)16-6-3-5-9(16)8-17/h7,9,17H,2-6,8H2,1H3,(H2,13,14,15). The zero-order valence-corrected chi connectivity index (χ0v) is 10.3. The van der Waals surface area contributed by atoms with E-state index >= 15 is 0 Å². The number of hydrogen-bond acceptors (Lipinski definition) is 5. The van der Waals surface area contributed by atoms with E-state index in [-0.39, 0.29) is 12.6 Å². The van der Waals surface area contributed by atoms with Crippen LogP contribution in [0.1, 0.15) is 32.0 Å². The van der Waals surface area contributed by atoms with Crippen LogP contribution in [0.2, 0.25) is 0 Å². The number of nitrogens with zero attached hydrogens (tertiary/aromatic N) is 3. The molecule has 1 fully saturated rings. The molecule has 0 radical (unpaired) electrons. The normalized spacial score (nSPS) is 19.9. The van der Waals surface area contributed by atoms with Crippen LogP contribution in [0.15, 0.2) is 6.07 Å². The average Bonchev–Trinajstić information content (AvgIpc) is 2.76. The molecule has 1 aliphatic heterocycles. The molecule has 0 saturated carbocycles. The van der Waals surface area contributed by atoms with Crippen LogP contribution in [0.3, 0.4) is 0 Å². The molecule has 94 valence electrons. The van der Waals surface area contributed by atoms with Crippen LogP contribution < -0.4 is 10.6 Å². The van der Waals surface area contributed by atoms with Crippen molar-refractivity contribution in [1.29, 1.82) is 0 Å². The number of anilines is 2. The summed E-state index contributed by atoms with van der Waals surface area (Å²) in [6.45, 7) is 3.21. The lowest BCUT2D eigenvalue weighted by Crippen LogP contribution is -2.33. The Morgan fingerprint density at radius 3 is 3.06 bits per heavy atom. The Morgan fingerprint density at radius 2 is 2.35 bits per heavy atom. The molecule has 1 aliphatic rings. The van der Waals surface area contributed by atoms with Gasteiger partial charge in [0.25, 0.3) is 0 Å². The number of aryl methyl sites for hydroxylation is 1. The molecule has 1 saturated heterocycles. The third-order valence-electron chi connectivity index (χ3n) is 3.13. The highest BCUT2D eigenvalue weighted by Gasteiger charge is 2.25. The SMILES string of the molecule is CCCc1nc(N)cc(N2CCCC2CO)n1. The zero-order valence-electron chi connectivity index (χ0n) is 10.3. The summed E-state index contributed by atoms with van der Waals surface area (Å²) in [4.78, 5) is 10.9. The molecule has 0 amide bonds. The molecule has 1 atom stereocenters. The van der Waals surface area contributed by atoms with Crippen molar-refractivity contribution in [2.75, 3.05) is 23.8 Å². The molecule has 5 nitrogen and oxygen atoms in total. The fourth-order valence-corrected chi connectivity index (χ4v) is 2.31. The lowest BCUT2D eigenvalue weighted by Gasteiger charge is -2.24. The lowest BCUT2D eigenvalue weighted by atomic mass is 10.2. The van der Waals surface area contributed by atoms with Gasteiger partial charge in [0.1, 0.15) is 17.5 Å². The maximum absolute atomic E-state index is 9.32. The molecule has 17 heavy (non-hydrogen) atoms. The second-order valence-electron chi connectivity index (χ2n) is 4.49. The summed E-state index contributed by atoms with van der Waals surface area (Å²) in [5.41, 5.74) is 5.80. The fourth-order valence-electron chi connectivity index (χ4n) is 2.31. The van der Waals surface area contributed by atoms with Crippen LogP contribution in [0.4, 0.5) is 11.6 Å². The number of aromatic nitrogens is 2. The lowest BCUT2D eigenvalue weighted by molar-refractivity contribution is 0.266. The van der Waals surface area contributed by atoms with Crippen LogP contribution in [-0.4, -0.2) is 34.3 Å². The minimum atomic E-state index is 0.174. The van der Waals surface area contributed by atoms with Gasteiger partial charge in [-0.05, 0) is 19.3 Å². The molecule has 1 aromatic heterocycles. The van der Waals surface area contributed by atoms with Gasteiger partial charge in [0.15, 0.2) is 0 Å². The predicted octanol–water partition coefficient (Wildman–Crippen LogP) is 0.972. The van der Waals surface area contributed by atoms with Crippen LogP contribution in [-0.2, 0) is 6.42 Å². The van der Waals surface area contributed by atoms with E-state index in [4.69, 9.17) is 5.73 Å². The Bertz CT molecular complexity index is 383. The molecule has 1 unspecified atom stereocenters. The average molecular weight is 236 g/mol. The highest BCUT2D eigenvalue weighted by molar-refractivity contribution is 5.48.